The SMILES string of the molecule is NC(=O)c1n[nH]c2c1C(c1cc(I)ccn1)N(C(=O)O)CC2. The average Bonchev–Trinajstić information content (AvgIpc) is 2.90. The number of fused-ring (bicyclic) bond motifs is 1. The zero-order valence-corrected chi connectivity index (χ0v) is 13.4. The summed E-state index contributed by atoms with van der Waals surface area (Å²) in [7, 11) is 0. The van der Waals surface area contributed by atoms with Crippen LogP contribution in [0.1, 0.15) is 33.5 Å². The monoisotopic (exact) mass is 413 g/mol. The quantitative estimate of drug-likeness (QED) is 0.637. The molecule has 0 aliphatic carbocycles. The van der Waals surface area contributed by atoms with Crippen molar-refractivity contribution in [2.24, 2.45) is 5.73 Å². The van der Waals surface area contributed by atoms with Crippen LogP contribution in [0.4, 0.5) is 4.79 Å². The van der Waals surface area contributed by atoms with Gasteiger partial charge in [0.15, 0.2) is 5.69 Å². The van der Waals surface area contributed by atoms with Crippen molar-refractivity contribution in [1.82, 2.24) is 20.1 Å². The predicted octanol–water partition coefficient (Wildman–Crippen LogP) is 1.13. The summed E-state index contributed by atoms with van der Waals surface area (Å²) in [5.74, 6) is -0.694. The number of carboxylic acid groups (broad SMARTS) is 1. The van der Waals surface area contributed by atoms with Gasteiger partial charge in [-0.05, 0) is 34.7 Å². The number of H-pyrrole nitrogens is 1. The lowest BCUT2D eigenvalue weighted by molar-refractivity contribution is 0.0987. The van der Waals surface area contributed by atoms with E-state index in [1.165, 1.54) is 4.90 Å². The van der Waals surface area contributed by atoms with E-state index < -0.39 is 18.0 Å². The number of aromatic amines is 1. The number of hydrogen-bond donors (Lipinski definition) is 3. The van der Waals surface area contributed by atoms with Gasteiger partial charge < -0.3 is 10.8 Å². The number of primary amides is 1. The Bertz CT molecular complexity index is 760. The summed E-state index contributed by atoms with van der Waals surface area (Å²) in [5, 5.41) is 16.2. The number of rotatable bonds is 2. The minimum atomic E-state index is -1.08. The molecule has 114 valence electrons. The Labute approximate surface area is 138 Å². The first-order valence-corrected chi connectivity index (χ1v) is 7.55. The van der Waals surface area contributed by atoms with Crippen molar-refractivity contribution in [2.45, 2.75) is 12.5 Å². The molecule has 3 rings (SSSR count). The molecule has 4 N–H and O–H groups in total. The first-order chi connectivity index (χ1) is 10.5. The molecule has 0 radical (unpaired) electrons. The molecule has 2 amide bonds. The second-order valence-electron chi connectivity index (χ2n) is 4.86. The van der Waals surface area contributed by atoms with Crippen LogP contribution in [0.2, 0.25) is 0 Å². The van der Waals surface area contributed by atoms with Crippen molar-refractivity contribution >= 4 is 34.6 Å². The average molecular weight is 413 g/mol. The van der Waals surface area contributed by atoms with E-state index in [2.05, 4.69) is 37.8 Å². The van der Waals surface area contributed by atoms with Crippen LogP contribution < -0.4 is 5.73 Å². The van der Waals surface area contributed by atoms with E-state index in [0.29, 0.717) is 24.2 Å². The summed E-state index contributed by atoms with van der Waals surface area (Å²) in [4.78, 5) is 28.7. The minimum Gasteiger partial charge on any atom is -0.465 e. The van der Waals surface area contributed by atoms with Crippen molar-refractivity contribution in [3.63, 3.8) is 0 Å². The highest BCUT2D eigenvalue weighted by molar-refractivity contribution is 14.1. The van der Waals surface area contributed by atoms with Gasteiger partial charge >= 0.3 is 6.09 Å². The first-order valence-electron chi connectivity index (χ1n) is 6.47. The molecule has 1 aliphatic rings. The molecule has 0 spiro atoms. The molecule has 2 aromatic heterocycles. The maximum absolute atomic E-state index is 11.6. The highest BCUT2D eigenvalue weighted by Gasteiger charge is 2.37. The molecule has 22 heavy (non-hydrogen) atoms. The van der Waals surface area contributed by atoms with Gasteiger partial charge in [-0.2, -0.15) is 5.10 Å². The molecular formula is C13H12IN5O3. The molecule has 1 unspecified atom stereocenters. The third-order valence-electron chi connectivity index (χ3n) is 3.57. The molecule has 0 bridgehead atoms. The number of nitrogens with zero attached hydrogens (tertiary/aromatic N) is 3. The van der Waals surface area contributed by atoms with Crippen molar-refractivity contribution in [3.8, 4) is 0 Å². The van der Waals surface area contributed by atoms with E-state index in [-0.39, 0.29) is 5.69 Å². The van der Waals surface area contributed by atoms with E-state index in [4.69, 9.17) is 5.73 Å². The summed E-state index contributed by atoms with van der Waals surface area (Å²) in [6.07, 6.45) is 0.977. The third-order valence-corrected chi connectivity index (χ3v) is 4.24. The maximum Gasteiger partial charge on any atom is 0.408 e. The van der Waals surface area contributed by atoms with Gasteiger partial charge in [0.25, 0.3) is 5.91 Å². The van der Waals surface area contributed by atoms with Crippen molar-refractivity contribution in [2.75, 3.05) is 6.54 Å². The molecule has 0 saturated carbocycles. The van der Waals surface area contributed by atoms with E-state index in [1.54, 1.807) is 12.3 Å². The summed E-state index contributed by atoms with van der Waals surface area (Å²) in [6, 6.07) is 2.90. The fourth-order valence-electron chi connectivity index (χ4n) is 2.66. The number of hydrogen-bond acceptors (Lipinski definition) is 4. The van der Waals surface area contributed by atoms with Crippen LogP contribution >= 0.6 is 22.6 Å². The lowest BCUT2D eigenvalue weighted by atomic mass is 9.93. The molecule has 0 aromatic carbocycles. The van der Waals surface area contributed by atoms with Gasteiger partial charge in [-0.1, -0.05) is 0 Å². The molecule has 3 heterocycles. The Morgan fingerprint density at radius 2 is 2.27 bits per heavy atom. The molecule has 8 nitrogen and oxygen atoms in total. The second kappa shape index (κ2) is 5.55. The summed E-state index contributed by atoms with van der Waals surface area (Å²) in [5.41, 5.74) is 7.18. The number of carbonyl (C=O) groups is 2. The number of halogens is 1. The van der Waals surface area contributed by atoms with Crippen LogP contribution in [0, 0.1) is 3.57 Å². The molecule has 1 atom stereocenters. The second-order valence-corrected chi connectivity index (χ2v) is 6.10. The lowest BCUT2D eigenvalue weighted by Gasteiger charge is -2.33. The zero-order valence-electron chi connectivity index (χ0n) is 11.3. The normalized spacial score (nSPS) is 17.1. The molecular weight excluding hydrogens is 401 g/mol. The predicted molar refractivity (Wildman–Crippen MR) is 84.3 cm³/mol. The van der Waals surface area contributed by atoms with Crippen molar-refractivity contribution in [1.29, 1.82) is 0 Å². The molecule has 9 heteroatoms. The van der Waals surface area contributed by atoms with Crippen LogP contribution in [-0.2, 0) is 6.42 Å². The van der Waals surface area contributed by atoms with E-state index in [9.17, 15) is 14.7 Å². The number of nitrogens with one attached hydrogen (secondary N) is 1. The Kier molecular flexibility index (Phi) is 3.72. The van der Waals surface area contributed by atoms with Gasteiger partial charge in [0.1, 0.15) is 6.04 Å². The van der Waals surface area contributed by atoms with Gasteiger partial charge in [-0.15, -0.1) is 0 Å². The van der Waals surface area contributed by atoms with Crippen LogP contribution in [0.3, 0.4) is 0 Å². The highest BCUT2D eigenvalue weighted by atomic mass is 127. The standard InChI is InChI=1S/C13H12IN5O3/c14-6-1-3-16-8(5-6)11-9-7(2-4-19(11)13(21)22)17-18-10(9)12(15)20/h1,3,5,11H,2,4H2,(H2,15,20)(H,17,18)(H,21,22). The number of pyridine rings is 1. The largest absolute Gasteiger partial charge is 0.465 e. The number of amides is 2. The van der Waals surface area contributed by atoms with Gasteiger partial charge in [-0.3, -0.25) is 19.8 Å². The van der Waals surface area contributed by atoms with Crippen molar-refractivity contribution < 1.29 is 14.7 Å². The Balaban J connectivity index is 2.21. The topological polar surface area (TPSA) is 125 Å². The van der Waals surface area contributed by atoms with Crippen LogP contribution in [-0.4, -0.2) is 43.7 Å². The smallest absolute Gasteiger partial charge is 0.408 e. The van der Waals surface area contributed by atoms with E-state index in [1.807, 2.05) is 6.07 Å². The van der Waals surface area contributed by atoms with Crippen LogP contribution in [0.25, 0.3) is 0 Å². The minimum absolute atomic E-state index is 0.0617. The third kappa shape index (κ3) is 2.40. The van der Waals surface area contributed by atoms with E-state index >= 15 is 0 Å². The Morgan fingerprint density at radius 1 is 1.50 bits per heavy atom. The molecule has 0 fully saturated rings. The Hall–Kier alpha value is -2.17. The first kappa shape index (κ1) is 14.8. The van der Waals surface area contributed by atoms with E-state index in [0.717, 1.165) is 9.26 Å². The molecule has 2 aromatic rings. The van der Waals surface area contributed by atoms with Crippen molar-refractivity contribution in [3.05, 3.63) is 44.5 Å². The lowest BCUT2D eigenvalue weighted by Crippen LogP contribution is -2.40. The number of carbonyl (C=O) groups excluding carboxylic acids is 1. The summed E-state index contributed by atoms with van der Waals surface area (Å²) >= 11 is 2.13. The fourth-order valence-corrected chi connectivity index (χ4v) is 3.14. The maximum atomic E-state index is 11.6. The zero-order chi connectivity index (χ0) is 15.9. The highest BCUT2D eigenvalue weighted by Crippen LogP contribution is 2.35. The van der Waals surface area contributed by atoms with Gasteiger partial charge in [0, 0.05) is 34.0 Å². The Morgan fingerprint density at radius 3 is 2.91 bits per heavy atom. The summed E-state index contributed by atoms with van der Waals surface area (Å²) in [6.45, 7) is 0.292. The molecule has 1 aliphatic heterocycles. The van der Waals surface area contributed by atoms with Crippen LogP contribution in [0.5, 0.6) is 0 Å². The fraction of sp³-hybridized carbons (Fsp3) is 0.231. The number of aromatic nitrogens is 3. The summed E-state index contributed by atoms with van der Waals surface area (Å²) < 4.78 is 0.921. The van der Waals surface area contributed by atoms with Gasteiger partial charge in [0.2, 0.25) is 0 Å². The van der Waals surface area contributed by atoms with Gasteiger partial charge in [-0.25, -0.2) is 4.79 Å². The van der Waals surface area contributed by atoms with Gasteiger partial charge in [0.05, 0.1) is 5.69 Å². The number of nitrogens with two attached hydrogens (primary N) is 1. The molecule has 0 saturated heterocycles. The van der Waals surface area contributed by atoms with Crippen LogP contribution in [0.15, 0.2) is 18.3 Å².